The maximum absolute atomic E-state index is 13.3. The molecule has 0 atom stereocenters. The molecule has 1 aromatic carbocycles. The summed E-state index contributed by atoms with van der Waals surface area (Å²) in [6.07, 6.45) is 0.629. The quantitative estimate of drug-likeness (QED) is 0.809. The Kier molecular flexibility index (Phi) is 5.31. The molecule has 0 unspecified atom stereocenters. The van der Waals surface area contributed by atoms with Crippen molar-refractivity contribution < 1.29 is 17.5 Å². The lowest BCUT2D eigenvalue weighted by Crippen LogP contribution is -2.33. The first-order valence-corrected chi connectivity index (χ1v) is 8.06. The first-order chi connectivity index (χ1) is 10.1. The van der Waals surface area contributed by atoms with Gasteiger partial charge < -0.3 is 10.5 Å². The third kappa shape index (κ3) is 3.80. The predicted octanol–water partition coefficient (Wildman–Crippen LogP) is 0.547. The van der Waals surface area contributed by atoms with E-state index in [-0.39, 0.29) is 23.5 Å². The number of hydrogen-bond donors (Lipinski definition) is 1. The zero-order valence-corrected chi connectivity index (χ0v) is 12.3. The molecule has 0 saturated carbocycles. The van der Waals surface area contributed by atoms with Gasteiger partial charge in [0.15, 0.2) is 0 Å². The van der Waals surface area contributed by atoms with Crippen LogP contribution in [0.4, 0.5) is 4.39 Å². The van der Waals surface area contributed by atoms with Crippen molar-refractivity contribution in [2.75, 3.05) is 32.8 Å². The normalized spacial score (nSPS) is 16.9. The second-order valence-corrected chi connectivity index (χ2v) is 6.42. The first kappa shape index (κ1) is 15.9. The highest BCUT2D eigenvalue weighted by Crippen LogP contribution is 2.21. The highest BCUT2D eigenvalue weighted by molar-refractivity contribution is 7.89. The molecule has 1 aromatic rings. The van der Waals surface area contributed by atoms with Crippen molar-refractivity contribution in [2.45, 2.75) is 11.3 Å². The Bertz CT molecular complexity index is 657. The molecule has 0 radical (unpaired) electrons. The number of hydrogen-bond acceptors (Lipinski definition) is 4. The van der Waals surface area contributed by atoms with E-state index in [2.05, 4.69) is 11.8 Å². The summed E-state index contributed by atoms with van der Waals surface area (Å²) >= 11 is 0. The molecule has 1 fully saturated rings. The summed E-state index contributed by atoms with van der Waals surface area (Å²) in [6, 6.07) is 3.48. The molecule has 1 aliphatic rings. The van der Waals surface area contributed by atoms with Gasteiger partial charge in [0.1, 0.15) is 5.82 Å². The minimum Gasteiger partial charge on any atom is -0.380 e. The summed E-state index contributed by atoms with van der Waals surface area (Å²) in [7, 11) is -3.72. The fourth-order valence-corrected chi connectivity index (χ4v) is 3.66. The van der Waals surface area contributed by atoms with Crippen LogP contribution in [-0.4, -0.2) is 45.6 Å². The van der Waals surface area contributed by atoms with Crippen LogP contribution in [0, 0.1) is 17.7 Å². The maximum Gasteiger partial charge on any atom is 0.244 e. The van der Waals surface area contributed by atoms with Crippen molar-refractivity contribution in [3.05, 3.63) is 29.6 Å². The topological polar surface area (TPSA) is 72.6 Å². The number of sulfonamides is 1. The van der Waals surface area contributed by atoms with Gasteiger partial charge in [-0.3, -0.25) is 0 Å². The van der Waals surface area contributed by atoms with Crippen LogP contribution in [0.25, 0.3) is 0 Å². The Labute approximate surface area is 123 Å². The third-order valence-electron chi connectivity index (χ3n) is 3.07. The van der Waals surface area contributed by atoms with E-state index in [1.54, 1.807) is 0 Å². The van der Waals surface area contributed by atoms with Crippen LogP contribution >= 0.6 is 0 Å². The Balaban J connectivity index is 2.43. The van der Waals surface area contributed by atoms with Gasteiger partial charge >= 0.3 is 0 Å². The summed E-state index contributed by atoms with van der Waals surface area (Å²) < 4.78 is 45.3. The molecular weight excluding hydrogens is 295 g/mol. The van der Waals surface area contributed by atoms with Crippen molar-refractivity contribution in [2.24, 2.45) is 5.73 Å². The Morgan fingerprint density at radius 3 is 2.90 bits per heavy atom. The Morgan fingerprint density at radius 1 is 1.33 bits per heavy atom. The number of ether oxygens (including phenoxy) is 1. The number of nitrogens with two attached hydrogens (primary N) is 1. The number of nitrogens with zero attached hydrogens (tertiary/aromatic N) is 1. The van der Waals surface area contributed by atoms with E-state index in [0.29, 0.717) is 26.2 Å². The molecule has 0 amide bonds. The predicted molar refractivity (Wildman–Crippen MR) is 76.5 cm³/mol. The van der Waals surface area contributed by atoms with E-state index in [0.717, 1.165) is 12.1 Å². The highest BCUT2D eigenvalue weighted by Gasteiger charge is 2.27. The molecule has 5 nitrogen and oxygen atoms in total. The maximum atomic E-state index is 13.3. The minimum atomic E-state index is -3.72. The van der Waals surface area contributed by atoms with Crippen molar-refractivity contribution in [3.63, 3.8) is 0 Å². The van der Waals surface area contributed by atoms with Crippen LogP contribution in [0.15, 0.2) is 23.1 Å². The molecule has 1 heterocycles. The van der Waals surface area contributed by atoms with Gasteiger partial charge in [-0.25, -0.2) is 12.8 Å². The second-order valence-electron chi connectivity index (χ2n) is 4.52. The monoisotopic (exact) mass is 312 g/mol. The summed E-state index contributed by atoms with van der Waals surface area (Å²) in [5, 5.41) is 0. The summed E-state index contributed by atoms with van der Waals surface area (Å²) in [5.41, 5.74) is 5.42. The summed E-state index contributed by atoms with van der Waals surface area (Å²) in [6.45, 7) is 1.63. The van der Waals surface area contributed by atoms with Crippen LogP contribution in [0.1, 0.15) is 12.0 Å². The van der Waals surface area contributed by atoms with Crippen molar-refractivity contribution in [1.82, 2.24) is 4.31 Å². The summed E-state index contributed by atoms with van der Waals surface area (Å²) in [5.74, 6) is 4.65. The smallest absolute Gasteiger partial charge is 0.244 e. The van der Waals surface area contributed by atoms with Crippen LogP contribution in [0.3, 0.4) is 0 Å². The third-order valence-corrected chi connectivity index (χ3v) is 5.02. The second kappa shape index (κ2) is 7.00. The Morgan fingerprint density at radius 2 is 2.14 bits per heavy atom. The van der Waals surface area contributed by atoms with Crippen molar-refractivity contribution in [3.8, 4) is 11.8 Å². The fourth-order valence-electron chi connectivity index (χ4n) is 2.07. The van der Waals surface area contributed by atoms with Gasteiger partial charge in [0.25, 0.3) is 0 Å². The lowest BCUT2D eigenvalue weighted by Gasteiger charge is -2.20. The molecule has 114 valence electrons. The zero-order valence-electron chi connectivity index (χ0n) is 11.5. The van der Waals surface area contributed by atoms with E-state index in [1.807, 2.05) is 0 Å². The minimum absolute atomic E-state index is 0.00625. The standard InChI is InChI=1S/C14H17FN2O3S/c15-13-4-5-14(12(11-13)3-1-6-16)21(18,19)17-7-2-9-20-10-8-17/h4-5,11H,2,6-10,16H2. The van der Waals surface area contributed by atoms with Crippen LogP contribution in [0.5, 0.6) is 0 Å². The number of benzene rings is 1. The average Bonchev–Trinajstić information content (AvgIpc) is 2.74. The van der Waals surface area contributed by atoms with Crippen molar-refractivity contribution in [1.29, 1.82) is 0 Å². The lowest BCUT2D eigenvalue weighted by molar-refractivity contribution is 0.148. The van der Waals surface area contributed by atoms with Crippen LogP contribution < -0.4 is 5.73 Å². The molecule has 0 aliphatic carbocycles. The van der Waals surface area contributed by atoms with Gasteiger partial charge in [0.2, 0.25) is 10.0 Å². The van der Waals surface area contributed by atoms with Gasteiger partial charge in [-0.1, -0.05) is 11.8 Å². The van der Waals surface area contributed by atoms with E-state index >= 15 is 0 Å². The van der Waals surface area contributed by atoms with E-state index in [9.17, 15) is 12.8 Å². The number of rotatable bonds is 2. The SMILES string of the molecule is NCC#Cc1cc(F)ccc1S(=O)(=O)N1CCCOCC1. The molecule has 0 spiro atoms. The highest BCUT2D eigenvalue weighted by atomic mass is 32.2. The van der Waals surface area contributed by atoms with E-state index < -0.39 is 15.8 Å². The summed E-state index contributed by atoms with van der Waals surface area (Å²) in [4.78, 5) is 0.00625. The van der Waals surface area contributed by atoms with Crippen molar-refractivity contribution >= 4 is 10.0 Å². The van der Waals surface area contributed by atoms with E-state index in [1.165, 1.54) is 10.4 Å². The number of halogens is 1. The fraction of sp³-hybridized carbons (Fsp3) is 0.429. The molecular formula is C14H17FN2O3S. The van der Waals surface area contributed by atoms with E-state index in [4.69, 9.17) is 10.5 Å². The molecule has 0 aromatic heterocycles. The van der Waals surface area contributed by atoms with Crippen LogP contribution in [0.2, 0.25) is 0 Å². The Hall–Kier alpha value is -1.46. The van der Waals surface area contributed by atoms with Gasteiger partial charge in [0, 0.05) is 25.3 Å². The molecule has 2 N–H and O–H groups in total. The van der Waals surface area contributed by atoms with Gasteiger partial charge in [0.05, 0.1) is 18.0 Å². The molecule has 1 saturated heterocycles. The van der Waals surface area contributed by atoms with Gasteiger partial charge in [-0.2, -0.15) is 4.31 Å². The zero-order chi connectivity index (χ0) is 15.3. The molecule has 2 rings (SSSR count). The molecule has 1 aliphatic heterocycles. The molecule has 7 heteroatoms. The first-order valence-electron chi connectivity index (χ1n) is 6.62. The van der Waals surface area contributed by atoms with Gasteiger partial charge in [-0.15, -0.1) is 0 Å². The largest absolute Gasteiger partial charge is 0.380 e. The van der Waals surface area contributed by atoms with Crippen LogP contribution in [-0.2, 0) is 14.8 Å². The molecule has 0 bridgehead atoms. The lowest BCUT2D eigenvalue weighted by atomic mass is 10.2. The molecule has 21 heavy (non-hydrogen) atoms. The van der Waals surface area contributed by atoms with Gasteiger partial charge in [-0.05, 0) is 24.6 Å². The average molecular weight is 312 g/mol.